The molecule has 0 radical (unpaired) electrons. The molecule has 2 atom stereocenters. The molecule has 0 spiro atoms. The van der Waals surface area contributed by atoms with Crippen LogP contribution in [0.2, 0.25) is 0 Å². The molecule has 0 amide bonds. The van der Waals surface area contributed by atoms with E-state index in [1.54, 1.807) is 0 Å². The zero-order chi connectivity index (χ0) is 14.9. The summed E-state index contributed by atoms with van der Waals surface area (Å²) >= 11 is 0. The van der Waals surface area contributed by atoms with Gasteiger partial charge in [0.05, 0.1) is 0 Å². The van der Waals surface area contributed by atoms with Gasteiger partial charge in [0.15, 0.2) is 0 Å². The lowest BCUT2D eigenvalue weighted by atomic mass is 9.81. The summed E-state index contributed by atoms with van der Waals surface area (Å²) < 4.78 is 0. The Morgan fingerprint density at radius 1 is 1.05 bits per heavy atom. The highest BCUT2D eigenvalue weighted by molar-refractivity contribution is 5.48. The molecular weight excluding hydrogens is 270 g/mol. The van der Waals surface area contributed by atoms with E-state index < -0.39 is 0 Å². The van der Waals surface area contributed by atoms with Gasteiger partial charge >= 0.3 is 0 Å². The van der Waals surface area contributed by atoms with Crippen molar-refractivity contribution in [3.05, 3.63) is 65.2 Å². The van der Waals surface area contributed by atoms with Crippen LogP contribution in [0.5, 0.6) is 0 Å². The summed E-state index contributed by atoms with van der Waals surface area (Å²) in [6, 6.07) is 18.4. The molecule has 1 saturated heterocycles. The number of fused-ring (bicyclic) bond motifs is 3. The molecule has 2 N–H and O–H groups in total. The fourth-order valence-corrected chi connectivity index (χ4v) is 3.90. The lowest BCUT2D eigenvalue weighted by Crippen LogP contribution is -2.50. The van der Waals surface area contributed by atoms with Crippen molar-refractivity contribution < 1.29 is 0 Å². The Morgan fingerprint density at radius 2 is 1.82 bits per heavy atom. The summed E-state index contributed by atoms with van der Waals surface area (Å²) in [7, 11) is 1.97. The van der Waals surface area contributed by atoms with Gasteiger partial charge in [-0.1, -0.05) is 36.4 Å². The molecule has 0 aliphatic carbocycles. The molecule has 2 aromatic carbocycles. The molecular formula is C19H23N3. The summed E-state index contributed by atoms with van der Waals surface area (Å²) in [4.78, 5) is 2.65. The second kappa shape index (κ2) is 5.75. The minimum Gasteiger partial charge on any atom is -0.388 e. The molecule has 0 unspecified atom stereocenters. The molecule has 0 aromatic heterocycles. The normalized spacial score (nSPS) is 24.4. The van der Waals surface area contributed by atoms with Crippen molar-refractivity contribution in [3.63, 3.8) is 0 Å². The van der Waals surface area contributed by atoms with E-state index in [-0.39, 0.29) is 0 Å². The SMILES string of the molecule is CNc1ccc([C@@H]2CN3CCNC[C@H]3c3ccccc32)cc1. The highest BCUT2D eigenvalue weighted by Gasteiger charge is 2.34. The third kappa shape index (κ3) is 2.31. The number of nitrogens with one attached hydrogen (secondary N) is 2. The quantitative estimate of drug-likeness (QED) is 0.891. The summed E-state index contributed by atoms with van der Waals surface area (Å²) in [6.07, 6.45) is 0. The second-order valence-electron chi connectivity index (χ2n) is 6.27. The molecule has 22 heavy (non-hydrogen) atoms. The Balaban J connectivity index is 1.75. The third-order valence-electron chi connectivity index (χ3n) is 5.10. The Bertz CT molecular complexity index is 650. The first kappa shape index (κ1) is 13.8. The molecule has 3 nitrogen and oxygen atoms in total. The van der Waals surface area contributed by atoms with E-state index in [9.17, 15) is 0 Å². The van der Waals surface area contributed by atoms with E-state index in [2.05, 4.69) is 64.1 Å². The van der Waals surface area contributed by atoms with E-state index in [0.717, 1.165) is 26.2 Å². The van der Waals surface area contributed by atoms with Crippen LogP contribution in [0.4, 0.5) is 5.69 Å². The van der Waals surface area contributed by atoms with Crippen LogP contribution in [-0.2, 0) is 0 Å². The average Bonchev–Trinajstić information content (AvgIpc) is 2.61. The molecule has 2 aliphatic rings. The van der Waals surface area contributed by atoms with Gasteiger partial charge in [-0.05, 0) is 28.8 Å². The van der Waals surface area contributed by atoms with Crippen LogP contribution < -0.4 is 10.6 Å². The Hall–Kier alpha value is -1.84. The summed E-state index contributed by atoms with van der Waals surface area (Å²) in [5.41, 5.74) is 5.60. The maximum atomic E-state index is 3.54. The number of hydrogen-bond acceptors (Lipinski definition) is 3. The molecule has 2 heterocycles. The maximum Gasteiger partial charge on any atom is 0.0476 e. The van der Waals surface area contributed by atoms with Gasteiger partial charge in [0.25, 0.3) is 0 Å². The second-order valence-corrected chi connectivity index (χ2v) is 6.27. The monoisotopic (exact) mass is 293 g/mol. The summed E-state index contributed by atoms with van der Waals surface area (Å²) in [5, 5.41) is 6.75. The van der Waals surface area contributed by atoms with Crippen LogP contribution in [0.15, 0.2) is 48.5 Å². The number of piperazine rings is 1. The third-order valence-corrected chi connectivity index (χ3v) is 5.10. The molecule has 0 bridgehead atoms. The standard InChI is InChI=1S/C19H23N3/c1-20-15-8-6-14(7-9-15)18-13-22-11-10-21-12-19(22)17-5-3-2-4-16(17)18/h2-9,18-21H,10-13H2,1H3/t18-,19-/m0/s1. The Morgan fingerprint density at radius 3 is 2.59 bits per heavy atom. The van der Waals surface area contributed by atoms with E-state index >= 15 is 0 Å². The summed E-state index contributed by atoms with van der Waals surface area (Å²) in [6.45, 7) is 4.44. The van der Waals surface area contributed by atoms with Crippen LogP contribution in [0, 0.1) is 0 Å². The highest BCUT2D eigenvalue weighted by Crippen LogP contribution is 2.39. The maximum absolute atomic E-state index is 3.54. The average molecular weight is 293 g/mol. The van der Waals surface area contributed by atoms with Gasteiger partial charge in [-0.15, -0.1) is 0 Å². The number of benzene rings is 2. The fourth-order valence-electron chi connectivity index (χ4n) is 3.90. The Labute approximate surface area is 132 Å². The predicted octanol–water partition coefficient (Wildman–Crippen LogP) is 2.82. The number of anilines is 1. The van der Waals surface area contributed by atoms with Crippen LogP contribution in [0.3, 0.4) is 0 Å². The smallest absolute Gasteiger partial charge is 0.0476 e. The molecule has 2 aliphatic heterocycles. The molecule has 3 heteroatoms. The van der Waals surface area contributed by atoms with Crippen molar-refractivity contribution in [1.29, 1.82) is 0 Å². The molecule has 114 valence electrons. The first-order chi connectivity index (χ1) is 10.9. The van der Waals surface area contributed by atoms with Crippen molar-refractivity contribution in [1.82, 2.24) is 10.2 Å². The largest absolute Gasteiger partial charge is 0.388 e. The van der Waals surface area contributed by atoms with Crippen molar-refractivity contribution in [2.24, 2.45) is 0 Å². The van der Waals surface area contributed by atoms with Gasteiger partial charge in [0, 0.05) is 50.9 Å². The van der Waals surface area contributed by atoms with Crippen LogP contribution in [0.1, 0.15) is 28.7 Å². The minimum atomic E-state index is 0.483. The zero-order valence-corrected chi connectivity index (χ0v) is 13.0. The van der Waals surface area contributed by atoms with Gasteiger partial charge in [-0.2, -0.15) is 0 Å². The van der Waals surface area contributed by atoms with E-state index in [4.69, 9.17) is 0 Å². The number of nitrogens with zero attached hydrogens (tertiary/aromatic N) is 1. The van der Waals surface area contributed by atoms with Crippen molar-refractivity contribution in [3.8, 4) is 0 Å². The van der Waals surface area contributed by atoms with Crippen LogP contribution in [0.25, 0.3) is 0 Å². The first-order valence-electron chi connectivity index (χ1n) is 8.18. The zero-order valence-electron chi connectivity index (χ0n) is 13.0. The van der Waals surface area contributed by atoms with Gasteiger partial charge in [-0.3, -0.25) is 4.90 Å². The Kier molecular flexibility index (Phi) is 3.60. The number of hydrogen-bond donors (Lipinski definition) is 2. The first-order valence-corrected chi connectivity index (χ1v) is 8.18. The lowest BCUT2D eigenvalue weighted by Gasteiger charge is -2.44. The van der Waals surface area contributed by atoms with Crippen molar-refractivity contribution in [2.75, 3.05) is 38.5 Å². The molecule has 2 aromatic rings. The van der Waals surface area contributed by atoms with Crippen molar-refractivity contribution >= 4 is 5.69 Å². The van der Waals surface area contributed by atoms with Gasteiger partial charge < -0.3 is 10.6 Å². The van der Waals surface area contributed by atoms with E-state index in [0.29, 0.717) is 12.0 Å². The van der Waals surface area contributed by atoms with Crippen LogP contribution >= 0.6 is 0 Å². The minimum absolute atomic E-state index is 0.483. The highest BCUT2D eigenvalue weighted by atomic mass is 15.2. The van der Waals surface area contributed by atoms with Gasteiger partial charge in [-0.25, -0.2) is 0 Å². The summed E-state index contributed by atoms with van der Waals surface area (Å²) in [5.74, 6) is 0.483. The van der Waals surface area contributed by atoms with E-state index in [1.807, 2.05) is 7.05 Å². The number of rotatable bonds is 2. The fraction of sp³-hybridized carbons (Fsp3) is 0.368. The lowest BCUT2D eigenvalue weighted by molar-refractivity contribution is 0.143. The van der Waals surface area contributed by atoms with Gasteiger partial charge in [0.2, 0.25) is 0 Å². The predicted molar refractivity (Wildman–Crippen MR) is 91.5 cm³/mol. The van der Waals surface area contributed by atoms with Gasteiger partial charge in [0.1, 0.15) is 0 Å². The molecule has 4 rings (SSSR count). The molecule has 0 saturated carbocycles. The van der Waals surface area contributed by atoms with Crippen LogP contribution in [-0.4, -0.2) is 38.1 Å². The topological polar surface area (TPSA) is 27.3 Å². The van der Waals surface area contributed by atoms with E-state index in [1.165, 1.54) is 22.4 Å². The van der Waals surface area contributed by atoms with Crippen molar-refractivity contribution in [2.45, 2.75) is 12.0 Å². The molecule has 1 fully saturated rings.